The average Bonchev–Trinajstić information content (AvgIpc) is 2.97. The summed E-state index contributed by atoms with van der Waals surface area (Å²) in [7, 11) is 1.68. The van der Waals surface area contributed by atoms with Crippen molar-refractivity contribution >= 4 is 29.9 Å². The van der Waals surface area contributed by atoms with Crippen molar-refractivity contribution in [1.82, 2.24) is 15.6 Å². The normalized spacial score (nSPS) is 10.4. The summed E-state index contributed by atoms with van der Waals surface area (Å²) in [5.74, 6) is 3.73. The maximum atomic E-state index is 5.45. The number of benzene rings is 1. The van der Waals surface area contributed by atoms with Crippen molar-refractivity contribution in [2.75, 3.05) is 13.6 Å². The number of hydrogen-bond donors (Lipinski definition) is 2. The third-order valence-electron chi connectivity index (χ3n) is 2.59. The molecule has 2 aromatic rings. The lowest BCUT2D eigenvalue weighted by Crippen LogP contribution is -2.36. The van der Waals surface area contributed by atoms with Gasteiger partial charge in [0.1, 0.15) is 6.26 Å². The van der Waals surface area contributed by atoms with Crippen molar-refractivity contribution in [3.05, 3.63) is 42.3 Å². The highest BCUT2D eigenvalue weighted by Crippen LogP contribution is 2.17. The van der Waals surface area contributed by atoms with Crippen LogP contribution in [0.1, 0.15) is 5.69 Å². The highest BCUT2D eigenvalue weighted by molar-refractivity contribution is 14.0. The fourth-order valence-electron chi connectivity index (χ4n) is 1.63. The lowest BCUT2D eigenvalue weighted by atomic mass is 10.2. The first-order valence-corrected chi connectivity index (χ1v) is 6.21. The van der Waals surface area contributed by atoms with Crippen LogP contribution in [0.15, 0.2) is 46.0 Å². The van der Waals surface area contributed by atoms with Gasteiger partial charge in [0, 0.05) is 12.6 Å². The molecule has 0 saturated carbocycles. The van der Waals surface area contributed by atoms with E-state index in [0.717, 1.165) is 11.3 Å². The minimum Gasteiger partial charge on any atom is -0.444 e. The molecule has 0 fully saturated rings. The number of halogens is 1. The van der Waals surface area contributed by atoms with Gasteiger partial charge in [-0.05, 0) is 12.1 Å². The van der Waals surface area contributed by atoms with Crippen molar-refractivity contribution < 1.29 is 4.42 Å². The van der Waals surface area contributed by atoms with Crippen LogP contribution in [0.5, 0.6) is 0 Å². The number of rotatable bonds is 4. The van der Waals surface area contributed by atoms with E-state index in [-0.39, 0.29) is 24.0 Å². The summed E-state index contributed by atoms with van der Waals surface area (Å²) in [6, 6.07) is 9.76. The van der Waals surface area contributed by atoms with E-state index in [1.165, 1.54) is 0 Å². The van der Waals surface area contributed by atoms with E-state index in [9.17, 15) is 0 Å². The van der Waals surface area contributed by atoms with Gasteiger partial charge in [-0.25, -0.2) is 4.98 Å². The highest BCUT2D eigenvalue weighted by Gasteiger charge is 2.06. The second-order valence-electron chi connectivity index (χ2n) is 3.99. The zero-order valence-electron chi connectivity index (χ0n) is 11.7. The Morgan fingerprint density at radius 2 is 2.10 bits per heavy atom. The molecule has 110 valence electrons. The Hall–Kier alpha value is -2.01. The summed E-state index contributed by atoms with van der Waals surface area (Å²) in [6.07, 6.45) is 6.81. The first-order chi connectivity index (χ1) is 9.83. The first-order valence-electron chi connectivity index (χ1n) is 6.21. The molecule has 0 aliphatic heterocycles. The second-order valence-corrected chi connectivity index (χ2v) is 3.99. The van der Waals surface area contributed by atoms with E-state index >= 15 is 0 Å². The van der Waals surface area contributed by atoms with Gasteiger partial charge >= 0.3 is 0 Å². The van der Waals surface area contributed by atoms with Crippen LogP contribution in [0.2, 0.25) is 0 Å². The van der Waals surface area contributed by atoms with Gasteiger partial charge < -0.3 is 15.1 Å². The standard InChI is InChI=1S/C15H16N4O.HI/c1-3-9-17-15(16-2)18-10-13-11-20-14(19-13)12-7-5-4-6-8-12;/h1,4-8,11H,9-10H2,2H3,(H2,16,17,18);1H. The van der Waals surface area contributed by atoms with Crippen LogP contribution in [0.25, 0.3) is 11.5 Å². The molecule has 0 spiro atoms. The third-order valence-corrected chi connectivity index (χ3v) is 2.59. The van der Waals surface area contributed by atoms with E-state index in [1.54, 1.807) is 13.3 Å². The molecule has 5 nitrogen and oxygen atoms in total. The molecule has 2 N–H and O–H groups in total. The summed E-state index contributed by atoms with van der Waals surface area (Å²) < 4.78 is 5.45. The number of nitrogens with one attached hydrogen (secondary N) is 2. The number of terminal acetylenes is 1. The molecule has 1 aromatic carbocycles. The van der Waals surface area contributed by atoms with Gasteiger partial charge in [0.05, 0.1) is 18.8 Å². The van der Waals surface area contributed by atoms with Gasteiger partial charge in [-0.1, -0.05) is 24.1 Å². The highest BCUT2D eigenvalue weighted by atomic mass is 127. The maximum Gasteiger partial charge on any atom is 0.226 e. The van der Waals surface area contributed by atoms with E-state index < -0.39 is 0 Å². The third kappa shape index (κ3) is 5.11. The van der Waals surface area contributed by atoms with Crippen LogP contribution >= 0.6 is 24.0 Å². The summed E-state index contributed by atoms with van der Waals surface area (Å²) in [5.41, 5.74) is 1.75. The van der Waals surface area contributed by atoms with Crippen molar-refractivity contribution in [1.29, 1.82) is 0 Å². The van der Waals surface area contributed by atoms with Gasteiger partial charge in [0.15, 0.2) is 5.96 Å². The number of oxazole rings is 1. The monoisotopic (exact) mass is 396 g/mol. The SMILES string of the molecule is C#CCNC(=NC)NCc1coc(-c2ccccc2)n1.I. The Labute approximate surface area is 141 Å². The zero-order chi connectivity index (χ0) is 14.2. The summed E-state index contributed by atoms with van der Waals surface area (Å²) >= 11 is 0. The Bertz CT molecular complexity index is 616. The van der Waals surface area contributed by atoms with E-state index in [4.69, 9.17) is 10.8 Å². The van der Waals surface area contributed by atoms with Gasteiger partial charge in [0.25, 0.3) is 0 Å². The van der Waals surface area contributed by atoms with Crippen LogP contribution in [0, 0.1) is 12.3 Å². The number of nitrogens with zero attached hydrogens (tertiary/aromatic N) is 2. The van der Waals surface area contributed by atoms with Crippen molar-refractivity contribution in [3.8, 4) is 23.8 Å². The predicted molar refractivity (Wildman–Crippen MR) is 94.4 cm³/mol. The molecule has 1 heterocycles. The Morgan fingerprint density at radius 3 is 2.76 bits per heavy atom. The van der Waals surface area contributed by atoms with E-state index in [0.29, 0.717) is 24.9 Å². The van der Waals surface area contributed by atoms with Crippen molar-refractivity contribution in [2.45, 2.75) is 6.54 Å². The Kier molecular flexibility index (Phi) is 7.32. The van der Waals surface area contributed by atoms with E-state index in [2.05, 4.69) is 26.5 Å². The van der Waals surface area contributed by atoms with Crippen LogP contribution in [-0.2, 0) is 6.54 Å². The van der Waals surface area contributed by atoms with Crippen molar-refractivity contribution in [3.63, 3.8) is 0 Å². The molecule has 0 saturated heterocycles. The van der Waals surface area contributed by atoms with Gasteiger partial charge in [-0.2, -0.15) is 0 Å². The maximum absolute atomic E-state index is 5.45. The number of aliphatic imine (C=N–C) groups is 1. The fourth-order valence-corrected chi connectivity index (χ4v) is 1.63. The minimum absolute atomic E-state index is 0. The fraction of sp³-hybridized carbons (Fsp3) is 0.200. The Morgan fingerprint density at radius 1 is 1.33 bits per heavy atom. The van der Waals surface area contributed by atoms with Gasteiger partial charge in [0.2, 0.25) is 5.89 Å². The molecular weight excluding hydrogens is 379 g/mol. The Balaban J connectivity index is 0.00000220. The van der Waals surface area contributed by atoms with Crippen molar-refractivity contribution in [2.24, 2.45) is 4.99 Å². The molecule has 6 heteroatoms. The van der Waals surface area contributed by atoms with E-state index in [1.807, 2.05) is 30.3 Å². The molecule has 0 aliphatic rings. The number of hydrogen-bond acceptors (Lipinski definition) is 3. The predicted octanol–water partition coefficient (Wildman–Crippen LogP) is 2.26. The first kappa shape index (κ1) is 17.0. The minimum atomic E-state index is 0. The summed E-state index contributed by atoms with van der Waals surface area (Å²) in [4.78, 5) is 8.46. The van der Waals surface area contributed by atoms with Gasteiger partial charge in [-0.3, -0.25) is 4.99 Å². The average molecular weight is 396 g/mol. The lowest BCUT2D eigenvalue weighted by molar-refractivity contribution is 0.572. The smallest absolute Gasteiger partial charge is 0.226 e. The molecular formula is C15H17IN4O. The van der Waals surface area contributed by atoms with Crippen LogP contribution < -0.4 is 10.6 Å². The van der Waals surface area contributed by atoms with Crippen LogP contribution in [0.4, 0.5) is 0 Å². The van der Waals surface area contributed by atoms with Gasteiger partial charge in [-0.15, -0.1) is 30.4 Å². The van der Waals surface area contributed by atoms with Crippen LogP contribution in [0.3, 0.4) is 0 Å². The quantitative estimate of drug-likeness (QED) is 0.360. The summed E-state index contributed by atoms with van der Waals surface area (Å²) in [6.45, 7) is 0.939. The second kappa shape index (κ2) is 9.02. The topological polar surface area (TPSA) is 62.5 Å². The largest absolute Gasteiger partial charge is 0.444 e. The molecule has 0 atom stereocenters. The molecule has 2 rings (SSSR count). The molecule has 0 radical (unpaired) electrons. The number of guanidine groups is 1. The number of aromatic nitrogens is 1. The summed E-state index contributed by atoms with van der Waals surface area (Å²) in [5, 5.41) is 6.08. The molecule has 0 amide bonds. The molecule has 21 heavy (non-hydrogen) atoms. The molecule has 0 bridgehead atoms. The lowest BCUT2D eigenvalue weighted by Gasteiger charge is -2.07. The van der Waals surface area contributed by atoms with Crippen LogP contribution in [-0.4, -0.2) is 24.5 Å². The molecule has 1 aromatic heterocycles. The zero-order valence-corrected chi connectivity index (χ0v) is 14.0. The molecule has 0 aliphatic carbocycles. The molecule has 0 unspecified atom stereocenters.